The summed E-state index contributed by atoms with van der Waals surface area (Å²) >= 11 is 0. The van der Waals surface area contributed by atoms with E-state index in [0.29, 0.717) is 30.2 Å². The van der Waals surface area contributed by atoms with Gasteiger partial charge in [-0.3, -0.25) is 4.79 Å². The molecule has 33 heavy (non-hydrogen) atoms. The number of benzene rings is 2. The van der Waals surface area contributed by atoms with Crippen molar-refractivity contribution in [1.82, 2.24) is 25.5 Å². The van der Waals surface area contributed by atoms with Gasteiger partial charge in [0, 0.05) is 36.5 Å². The summed E-state index contributed by atoms with van der Waals surface area (Å²) in [6.45, 7) is 2.91. The number of likely N-dealkylation sites (tertiary alicyclic amines) is 1. The molecule has 1 saturated heterocycles. The van der Waals surface area contributed by atoms with Gasteiger partial charge in [-0.1, -0.05) is 35.5 Å². The van der Waals surface area contributed by atoms with E-state index >= 15 is 0 Å². The first-order chi connectivity index (χ1) is 16.1. The van der Waals surface area contributed by atoms with Crippen LogP contribution in [0.4, 0.5) is 0 Å². The average molecular weight is 445 g/mol. The molecule has 0 bridgehead atoms. The number of aromatic amines is 1. The molecule has 3 heterocycles. The first kappa shape index (κ1) is 20.9. The molecule has 9 nitrogen and oxygen atoms in total. The van der Waals surface area contributed by atoms with Crippen LogP contribution < -0.4 is 10.4 Å². The fourth-order valence-corrected chi connectivity index (χ4v) is 4.32. The van der Waals surface area contributed by atoms with Crippen molar-refractivity contribution in [2.24, 2.45) is 0 Å². The molecule has 168 valence electrons. The second-order valence-electron chi connectivity index (χ2n) is 8.16. The Bertz CT molecular complexity index is 1320. The van der Waals surface area contributed by atoms with Gasteiger partial charge < -0.3 is 14.1 Å². The summed E-state index contributed by atoms with van der Waals surface area (Å²) in [6, 6.07) is 16.4. The highest BCUT2D eigenvalue weighted by molar-refractivity contribution is 5.93. The third-order valence-corrected chi connectivity index (χ3v) is 5.92. The van der Waals surface area contributed by atoms with Crippen LogP contribution >= 0.6 is 0 Å². The molecule has 1 N–H and O–H groups in total. The lowest BCUT2D eigenvalue weighted by Crippen LogP contribution is -2.45. The first-order valence-corrected chi connectivity index (χ1v) is 10.9. The van der Waals surface area contributed by atoms with Crippen LogP contribution in [0.5, 0.6) is 5.75 Å². The van der Waals surface area contributed by atoms with E-state index < -0.39 is 11.7 Å². The van der Waals surface area contributed by atoms with Crippen molar-refractivity contribution in [3.05, 3.63) is 70.8 Å². The van der Waals surface area contributed by atoms with Crippen LogP contribution in [0.1, 0.15) is 31.5 Å². The summed E-state index contributed by atoms with van der Waals surface area (Å²) in [4.78, 5) is 27.0. The third-order valence-electron chi connectivity index (χ3n) is 5.92. The van der Waals surface area contributed by atoms with E-state index in [0.717, 1.165) is 29.4 Å². The summed E-state index contributed by atoms with van der Waals surface area (Å²) in [5.41, 5.74) is 1.68. The monoisotopic (exact) mass is 445 g/mol. The van der Waals surface area contributed by atoms with Gasteiger partial charge in [0.1, 0.15) is 11.3 Å². The van der Waals surface area contributed by atoms with E-state index in [4.69, 9.17) is 9.15 Å². The van der Waals surface area contributed by atoms with E-state index in [2.05, 4.69) is 20.6 Å². The molecule has 2 aromatic carbocycles. The molecule has 1 fully saturated rings. The number of nitrogens with zero attached hydrogens (tertiary/aromatic N) is 4. The molecule has 0 spiro atoms. The Morgan fingerprint density at radius 1 is 1.21 bits per heavy atom. The van der Waals surface area contributed by atoms with Crippen LogP contribution in [-0.2, 0) is 4.79 Å². The largest absolute Gasteiger partial charge is 0.481 e. The van der Waals surface area contributed by atoms with Gasteiger partial charge in [0.25, 0.3) is 5.91 Å². The second-order valence-corrected chi connectivity index (χ2v) is 8.16. The zero-order valence-electron chi connectivity index (χ0n) is 18.1. The number of hydrogen-bond acceptors (Lipinski definition) is 7. The fourth-order valence-electron chi connectivity index (χ4n) is 4.32. The summed E-state index contributed by atoms with van der Waals surface area (Å²) < 4.78 is 11.4. The molecule has 0 saturated carbocycles. The molecule has 5 rings (SSSR count). The van der Waals surface area contributed by atoms with E-state index in [9.17, 15) is 9.59 Å². The number of carbonyl (C=O) groups is 1. The van der Waals surface area contributed by atoms with Crippen LogP contribution in [0.15, 0.2) is 63.8 Å². The number of piperidine rings is 1. The van der Waals surface area contributed by atoms with Crippen molar-refractivity contribution in [3.8, 4) is 16.9 Å². The Morgan fingerprint density at radius 3 is 2.85 bits per heavy atom. The zero-order valence-corrected chi connectivity index (χ0v) is 18.1. The van der Waals surface area contributed by atoms with Gasteiger partial charge in [0.05, 0.1) is 0 Å². The van der Waals surface area contributed by atoms with Crippen LogP contribution in [0.3, 0.4) is 0 Å². The van der Waals surface area contributed by atoms with Crippen molar-refractivity contribution in [2.45, 2.75) is 31.8 Å². The molecule has 2 aromatic heterocycles. The Hall–Kier alpha value is -4.01. The van der Waals surface area contributed by atoms with Crippen LogP contribution in [-0.4, -0.2) is 50.6 Å². The number of tetrazole rings is 1. The standard InChI is InChI=1S/C24H23N5O4/c1-15(24(31)29-11-5-8-17(14-29)23-25-27-28-26-23)32-18-9-10-19-20(16-6-3-2-4-7-16)13-22(30)33-21(19)12-18/h2-4,6-7,9-10,12-13,15,17H,5,8,11,14H2,1H3,(H,25,26,27,28). The van der Waals surface area contributed by atoms with Crippen LogP contribution in [0, 0.1) is 0 Å². The quantitative estimate of drug-likeness (QED) is 0.469. The lowest BCUT2D eigenvalue weighted by atomic mass is 9.97. The molecule has 4 aromatic rings. The maximum atomic E-state index is 13.0. The number of hydrogen-bond donors (Lipinski definition) is 1. The second kappa shape index (κ2) is 8.85. The maximum Gasteiger partial charge on any atom is 0.336 e. The van der Waals surface area contributed by atoms with Crippen molar-refractivity contribution in [2.75, 3.05) is 13.1 Å². The van der Waals surface area contributed by atoms with Gasteiger partial charge >= 0.3 is 5.63 Å². The number of aromatic nitrogens is 4. The number of ether oxygens (including phenoxy) is 1. The predicted molar refractivity (Wildman–Crippen MR) is 121 cm³/mol. The lowest BCUT2D eigenvalue weighted by Gasteiger charge is -2.33. The number of carbonyl (C=O) groups excluding carboxylic acids is 1. The Kier molecular flexibility index (Phi) is 5.60. The molecule has 0 aliphatic carbocycles. The number of rotatable bonds is 5. The zero-order chi connectivity index (χ0) is 22.8. The molecule has 2 atom stereocenters. The molecule has 0 radical (unpaired) electrons. The highest BCUT2D eigenvalue weighted by Crippen LogP contribution is 2.30. The molecule has 2 unspecified atom stereocenters. The number of H-pyrrole nitrogens is 1. The minimum Gasteiger partial charge on any atom is -0.481 e. The normalized spacial score (nSPS) is 17.1. The van der Waals surface area contributed by atoms with E-state index in [1.165, 1.54) is 6.07 Å². The molecule has 1 aliphatic rings. The highest BCUT2D eigenvalue weighted by atomic mass is 16.5. The van der Waals surface area contributed by atoms with Crippen molar-refractivity contribution >= 4 is 16.9 Å². The van der Waals surface area contributed by atoms with Crippen LogP contribution in [0.25, 0.3) is 22.1 Å². The van der Waals surface area contributed by atoms with Crippen molar-refractivity contribution < 1.29 is 13.9 Å². The van der Waals surface area contributed by atoms with Gasteiger partial charge in [0.15, 0.2) is 11.9 Å². The Morgan fingerprint density at radius 2 is 2.06 bits per heavy atom. The van der Waals surface area contributed by atoms with Gasteiger partial charge in [0.2, 0.25) is 0 Å². The van der Waals surface area contributed by atoms with E-state index in [1.807, 2.05) is 36.4 Å². The SMILES string of the molecule is CC(Oc1ccc2c(-c3ccccc3)cc(=O)oc2c1)C(=O)N1CCCC(c2nn[nH]n2)C1. The first-order valence-electron chi connectivity index (χ1n) is 10.9. The summed E-state index contributed by atoms with van der Waals surface area (Å²) in [5, 5.41) is 15.0. The molecular weight excluding hydrogens is 422 g/mol. The third kappa shape index (κ3) is 4.34. The van der Waals surface area contributed by atoms with Crippen molar-refractivity contribution in [3.63, 3.8) is 0 Å². The van der Waals surface area contributed by atoms with E-state index in [1.54, 1.807) is 24.0 Å². The molecule has 1 aliphatic heterocycles. The predicted octanol–water partition coefficient (Wildman–Crippen LogP) is 3.15. The van der Waals surface area contributed by atoms with Gasteiger partial charge in [-0.15, -0.1) is 10.2 Å². The number of nitrogens with one attached hydrogen (secondary N) is 1. The van der Waals surface area contributed by atoms with Gasteiger partial charge in [-0.2, -0.15) is 5.21 Å². The Labute approximate surface area is 189 Å². The minimum atomic E-state index is -0.699. The molecule has 1 amide bonds. The van der Waals surface area contributed by atoms with Crippen LogP contribution in [0.2, 0.25) is 0 Å². The van der Waals surface area contributed by atoms with Gasteiger partial charge in [-0.25, -0.2) is 4.79 Å². The topological polar surface area (TPSA) is 114 Å². The summed E-state index contributed by atoms with van der Waals surface area (Å²) in [5.74, 6) is 1.03. The molecular formula is C24H23N5O4. The fraction of sp³-hybridized carbons (Fsp3) is 0.292. The smallest absolute Gasteiger partial charge is 0.336 e. The summed E-state index contributed by atoms with van der Waals surface area (Å²) in [7, 11) is 0. The number of amides is 1. The lowest BCUT2D eigenvalue weighted by molar-refractivity contribution is -0.139. The maximum absolute atomic E-state index is 13.0. The molecule has 9 heteroatoms. The van der Waals surface area contributed by atoms with Gasteiger partial charge in [-0.05, 0) is 43.0 Å². The minimum absolute atomic E-state index is 0.0556. The highest BCUT2D eigenvalue weighted by Gasteiger charge is 2.30. The van der Waals surface area contributed by atoms with Crippen molar-refractivity contribution in [1.29, 1.82) is 0 Å². The van der Waals surface area contributed by atoms with E-state index in [-0.39, 0.29) is 11.8 Å². The Balaban J connectivity index is 1.34. The average Bonchev–Trinajstić information content (AvgIpc) is 3.38. The number of fused-ring (bicyclic) bond motifs is 1. The summed E-state index contributed by atoms with van der Waals surface area (Å²) in [6.07, 6.45) is 1.07.